The van der Waals surface area contributed by atoms with Gasteiger partial charge in [-0.2, -0.15) is 0 Å². The number of aryl methyl sites for hydroxylation is 1. The third-order valence-electron chi connectivity index (χ3n) is 4.38. The summed E-state index contributed by atoms with van der Waals surface area (Å²) in [7, 11) is 0. The van der Waals surface area contributed by atoms with Crippen LogP contribution in [-0.2, 0) is 4.74 Å². The van der Waals surface area contributed by atoms with Crippen molar-refractivity contribution in [2.45, 2.75) is 35.5 Å². The fourth-order valence-corrected chi connectivity index (χ4v) is 3.87. The van der Waals surface area contributed by atoms with Gasteiger partial charge < -0.3 is 15.0 Å². The molecule has 0 radical (unpaired) electrons. The number of ether oxygens (including phenoxy) is 1. The van der Waals surface area contributed by atoms with Crippen LogP contribution in [0.25, 0.3) is 20.9 Å². The Morgan fingerprint density at radius 1 is 1.29 bits per heavy atom. The van der Waals surface area contributed by atoms with E-state index in [0.717, 1.165) is 19.1 Å². The summed E-state index contributed by atoms with van der Waals surface area (Å²) in [4.78, 5) is 20.6. The third-order valence-corrected chi connectivity index (χ3v) is 5.73. The number of thioether (sulfide) groups is 1. The minimum absolute atomic E-state index is 0.308. The van der Waals surface area contributed by atoms with Gasteiger partial charge in [0.25, 0.3) is 0 Å². The standard InChI is InChI=1S/C17H22N8O2S/c1-13-2-4-14(5-3-13)28-15-6-8-25(9-7-15)16(26)27-17(10-18,11-21-23-19)12-22-24-20/h2-5,10,15,18H,6-9,11-12H2,1H3. The van der Waals surface area contributed by atoms with Gasteiger partial charge >= 0.3 is 6.09 Å². The molecule has 0 atom stereocenters. The second-order valence-electron chi connectivity index (χ2n) is 6.47. The largest absolute Gasteiger partial charge is 0.437 e. The van der Waals surface area contributed by atoms with Crippen molar-refractivity contribution in [1.82, 2.24) is 4.90 Å². The zero-order valence-corrected chi connectivity index (χ0v) is 16.4. The van der Waals surface area contributed by atoms with Crippen LogP contribution in [0.4, 0.5) is 4.79 Å². The molecule has 1 saturated heterocycles. The highest BCUT2D eigenvalue weighted by Crippen LogP contribution is 2.31. The number of nitrogens with zero attached hydrogens (tertiary/aromatic N) is 7. The number of likely N-dealkylation sites (tertiary alicyclic amines) is 1. The maximum absolute atomic E-state index is 12.5. The molecular formula is C17H22N8O2S. The Hall–Kier alpha value is -2.87. The van der Waals surface area contributed by atoms with Gasteiger partial charge in [-0.3, -0.25) is 0 Å². The van der Waals surface area contributed by atoms with Gasteiger partial charge in [0.1, 0.15) is 0 Å². The fraction of sp³-hybridized carbons (Fsp3) is 0.529. The molecule has 1 fully saturated rings. The molecule has 1 amide bonds. The van der Waals surface area contributed by atoms with E-state index in [9.17, 15) is 4.79 Å². The molecule has 0 aliphatic carbocycles. The SMILES string of the molecule is Cc1ccc(SC2CCN(C(=O)OC(C=N)(CN=[N+]=[N-])CN=[N+]=[N-])CC2)cc1. The number of rotatable bonds is 8. The first-order valence-electron chi connectivity index (χ1n) is 8.76. The number of benzene rings is 1. The average Bonchev–Trinajstić information content (AvgIpc) is 2.72. The van der Waals surface area contributed by atoms with Gasteiger partial charge in [-0.25, -0.2) is 4.79 Å². The topological polar surface area (TPSA) is 151 Å². The Morgan fingerprint density at radius 3 is 2.36 bits per heavy atom. The van der Waals surface area contributed by atoms with Crippen LogP contribution in [0.2, 0.25) is 0 Å². The van der Waals surface area contributed by atoms with Gasteiger partial charge in [-0.05, 0) is 43.0 Å². The van der Waals surface area contributed by atoms with Crippen molar-refractivity contribution >= 4 is 24.1 Å². The highest BCUT2D eigenvalue weighted by molar-refractivity contribution is 8.00. The average molecular weight is 402 g/mol. The normalized spacial score (nSPS) is 16.2. The molecule has 1 heterocycles. The summed E-state index contributed by atoms with van der Waals surface area (Å²) in [5, 5.41) is 14.7. The van der Waals surface area contributed by atoms with E-state index in [1.54, 1.807) is 16.7 Å². The number of amides is 1. The van der Waals surface area contributed by atoms with Gasteiger partial charge in [0, 0.05) is 39.3 Å². The van der Waals surface area contributed by atoms with E-state index in [-0.39, 0.29) is 13.1 Å². The third kappa shape index (κ3) is 6.09. The van der Waals surface area contributed by atoms with E-state index < -0.39 is 11.7 Å². The van der Waals surface area contributed by atoms with Gasteiger partial charge in [-0.1, -0.05) is 27.9 Å². The van der Waals surface area contributed by atoms with Crippen LogP contribution in [0.5, 0.6) is 0 Å². The van der Waals surface area contributed by atoms with Gasteiger partial charge in [0.15, 0.2) is 5.60 Å². The molecule has 0 bridgehead atoms. The fourth-order valence-electron chi connectivity index (χ4n) is 2.74. The molecule has 0 saturated carbocycles. The number of piperidine rings is 1. The molecule has 2 rings (SSSR count). The smallest absolute Gasteiger partial charge is 0.410 e. The van der Waals surface area contributed by atoms with E-state index in [2.05, 4.69) is 51.2 Å². The summed E-state index contributed by atoms with van der Waals surface area (Å²) in [6.07, 6.45) is 1.87. The van der Waals surface area contributed by atoms with Gasteiger partial charge in [-0.15, -0.1) is 11.8 Å². The lowest BCUT2D eigenvalue weighted by Gasteiger charge is -2.34. The van der Waals surface area contributed by atoms with Crippen LogP contribution < -0.4 is 0 Å². The second-order valence-corrected chi connectivity index (χ2v) is 7.85. The molecule has 1 aliphatic rings. The first-order valence-corrected chi connectivity index (χ1v) is 9.64. The molecule has 0 spiro atoms. The predicted molar refractivity (Wildman–Crippen MR) is 108 cm³/mol. The van der Waals surface area contributed by atoms with Crippen LogP contribution in [0.1, 0.15) is 18.4 Å². The van der Waals surface area contributed by atoms with E-state index in [4.69, 9.17) is 21.2 Å². The Morgan fingerprint density at radius 2 is 1.86 bits per heavy atom. The molecular weight excluding hydrogens is 380 g/mol. The lowest BCUT2D eigenvalue weighted by molar-refractivity contribution is 0.0395. The van der Waals surface area contributed by atoms with E-state index in [0.29, 0.717) is 18.3 Å². The Kier molecular flexibility index (Phi) is 8.01. The second kappa shape index (κ2) is 10.5. The lowest BCUT2D eigenvalue weighted by atomic mass is 10.1. The molecule has 0 unspecified atom stereocenters. The molecule has 28 heavy (non-hydrogen) atoms. The summed E-state index contributed by atoms with van der Waals surface area (Å²) in [5.41, 5.74) is 16.7. The minimum Gasteiger partial charge on any atom is -0.437 e. The van der Waals surface area contributed by atoms with Crippen molar-refractivity contribution < 1.29 is 9.53 Å². The Balaban J connectivity index is 1.93. The van der Waals surface area contributed by atoms with Crippen LogP contribution in [0.15, 0.2) is 39.4 Å². The van der Waals surface area contributed by atoms with Crippen molar-refractivity contribution in [2.24, 2.45) is 10.2 Å². The maximum atomic E-state index is 12.5. The van der Waals surface area contributed by atoms with Crippen LogP contribution in [0.3, 0.4) is 0 Å². The maximum Gasteiger partial charge on any atom is 0.410 e. The quantitative estimate of drug-likeness (QED) is 0.290. The summed E-state index contributed by atoms with van der Waals surface area (Å²) in [6.45, 7) is 2.49. The molecule has 0 aromatic heterocycles. The number of hydrogen-bond acceptors (Lipinski definition) is 6. The van der Waals surface area contributed by atoms with Crippen LogP contribution >= 0.6 is 11.8 Å². The van der Waals surface area contributed by atoms with E-state index in [1.807, 2.05) is 0 Å². The van der Waals surface area contributed by atoms with E-state index in [1.165, 1.54) is 10.5 Å². The van der Waals surface area contributed by atoms with Crippen molar-refractivity contribution in [1.29, 1.82) is 5.41 Å². The van der Waals surface area contributed by atoms with Crippen molar-refractivity contribution in [3.63, 3.8) is 0 Å². The first-order chi connectivity index (χ1) is 13.5. The van der Waals surface area contributed by atoms with Crippen molar-refractivity contribution in [3.8, 4) is 0 Å². The van der Waals surface area contributed by atoms with Gasteiger partial charge in [0.05, 0.1) is 13.1 Å². The number of azide groups is 2. The van der Waals surface area contributed by atoms with Crippen LogP contribution in [-0.4, -0.2) is 54.2 Å². The van der Waals surface area contributed by atoms with Gasteiger partial charge in [0.2, 0.25) is 0 Å². The van der Waals surface area contributed by atoms with Crippen LogP contribution in [0, 0.1) is 12.3 Å². The highest BCUT2D eigenvalue weighted by Gasteiger charge is 2.34. The molecule has 10 nitrogen and oxygen atoms in total. The predicted octanol–water partition coefficient (Wildman–Crippen LogP) is 4.70. The minimum atomic E-state index is -1.57. The van der Waals surface area contributed by atoms with Crippen molar-refractivity contribution in [2.75, 3.05) is 26.2 Å². The van der Waals surface area contributed by atoms with E-state index >= 15 is 0 Å². The summed E-state index contributed by atoms with van der Waals surface area (Å²) < 4.78 is 5.41. The summed E-state index contributed by atoms with van der Waals surface area (Å²) in [6, 6.07) is 8.37. The number of nitrogens with one attached hydrogen (secondary N) is 1. The number of hydrogen-bond donors (Lipinski definition) is 1. The summed E-state index contributed by atoms with van der Waals surface area (Å²) in [5.74, 6) is 0. The molecule has 148 valence electrons. The molecule has 1 aliphatic heterocycles. The zero-order chi connectivity index (χ0) is 20.4. The summed E-state index contributed by atoms with van der Waals surface area (Å²) >= 11 is 1.80. The number of carbonyl (C=O) groups excluding carboxylic acids is 1. The lowest BCUT2D eigenvalue weighted by Crippen LogP contribution is -2.48. The van der Waals surface area contributed by atoms with Crippen molar-refractivity contribution in [3.05, 3.63) is 50.7 Å². The molecule has 1 aromatic rings. The molecule has 11 heteroatoms. The molecule has 1 N–H and O–H groups in total. The molecule has 1 aromatic carbocycles. The number of carbonyl (C=O) groups is 1. The Labute approximate surface area is 167 Å². The Bertz CT molecular complexity index is 759. The monoisotopic (exact) mass is 402 g/mol. The highest BCUT2D eigenvalue weighted by atomic mass is 32.2. The first kappa shape index (κ1) is 21.4. The zero-order valence-electron chi connectivity index (χ0n) is 15.6.